The first kappa shape index (κ1) is 30.5. The Labute approximate surface area is 224 Å². The molecule has 0 aliphatic carbocycles. The lowest BCUT2D eigenvalue weighted by atomic mass is 9.85. The standard InChI is InChI=1S/C30H38O8/c1-19(2)37-28(32)22(6)26(30(34)38-20(3)4)18-21(5)27(31)35-16-17-36-29(33)25-15-11-10-14-24(25)23-12-8-7-9-13-23/h7-15,19-22,26H,16-18H2,1-6H3. The van der Waals surface area contributed by atoms with Crippen LogP contribution in [0, 0.1) is 17.8 Å². The molecule has 3 unspecified atom stereocenters. The summed E-state index contributed by atoms with van der Waals surface area (Å²) in [5.74, 6) is -4.58. The van der Waals surface area contributed by atoms with Gasteiger partial charge in [0, 0.05) is 0 Å². The Morgan fingerprint density at radius 3 is 1.84 bits per heavy atom. The molecule has 0 radical (unpaired) electrons. The molecule has 0 aliphatic heterocycles. The second-order valence-electron chi connectivity index (χ2n) is 9.72. The lowest BCUT2D eigenvalue weighted by Gasteiger charge is -2.25. The zero-order chi connectivity index (χ0) is 28.2. The van der Waals surface area contributed by atoms with Crippen molar-refractivity contribution in [3.63, 3.8) is 0 Å². The third-order valence-electron chi connectivity index (χ3n) is 5.78. The number of carbonyl (C=O) groups is 4. The number of rotatable bonds is 13. The molecule has 8 heteroatoms. The Morgan fingerprint density at radius 2 is 1.21 bits per heavy atom. The Bertz CT molecular complexity index is 1080. The van der Waals surface area contributed by atoms with Crippen LogP contribution >= 0.6 is 0 Å². The number of carbonyl (C=O) groups excluding carboxylic acids is 4. The lowest BCUT2D eigenvalue weighted by molar-refractivity contribution is -0.166. The van der Waals surface area contributed by atoms with Gasteiger partial charge in [-0.25, -0.2) is 4.79 Å². The SMILES string of the molecule is CC(C)OC(=O)C(C)C(CC(C)C(=O)OCCOC(=O)c1ccccc1-c1ccccc1)C(=O)OC(C)C. The van der Waals surface area contributed by atoms with E-state index in [4.69, 9.17) is 18.9 Å². The Morgan fingerprint density at radius 1 is 0.658 bits per heavy atom. The van der Waals surface area contributed by atoms with Crippen LogP contribution in [0.15, 0.2) is 54.6 Å². The topological polar surface area (TPSA) is 105 Å². The zero-order valence-corrected chi connectivity index (χ0v) is 23.0. The molecule has 3 atom stereocenters. The van der Waals surface area contributed by atoms with Gasteiger partial charge >= 0.3 is 23.9 Å². The number of esters is 4. The first-order valence-electron chi connectivity index (χ1n) is 12.9. The van der Waals surface area contributed by atoms with Crippen LogP contribution in [-0.2, 0) is 33.3 Å². The van der Waals surface area contributed by atoms with Crippen LogP contribution in [0.1, 0.15) is 58.3 Å². The minimum absolute atomic E-state index is 0.0446. The quantitative estimate of drug-likeness (QED) is 0.198. The van der Waals surface area contributed by atoms with E-state index in [0.29, 0.717) is 5.56 Å². The molecule has 2 aromatic rings. The molecule has 0 fully saturated rings. The Balaban J connectivity index is 1.93. The largest absolute Gasteiger partial charge is 0.463 e. The highest BCUT2D eigenvalue weighted by Crippen LogP contribution is 2.26. The summed E-state index contributed by atoms with van der Waals surface area (Å²) in [5.41, 5.74) is 2.04. The van der Waals surface area contributed by atoms with Crippen molar-refractivity contribution in [1.29, 1.82) is 0 Å². The van der Waals surface area contributed by atoms with Crippen LogP contribution in [0.2, 0.25) is 0 Å². The fourth-order valence-corrected chi connectivity index (χ4v) is 3.83. The summed E-state index contributed by atoms with van der Waals surface area (Å²) < 4.78 is 21.2. The number of hydrogen-bond acceptors (Lipinski definition) is 8. The maximum absolute atomic E-state index is 12.7. The van der Waals surface area contributed by atoms with Crippen LogP contribution < -0.4 is 0 Å². The maximum atomic E-state index is 12.7. The molecule has 0 amide bonds. The van der Waals surface area contributed by atoms with E-state index in [1.54, 1.807) is 53.7 Å². The molecule has 0 heterocycles. The van der Waals surface area contributed by atoms with E-state index in [1.165, 1.54) is 0 Å². The molecular weight excluding hydrogens is 488 g/mol. The minimum atomic E-state index is -0.876. The monoisotopic (exact) mass is 526 g/mol. The summed E-state index contributed by atoms with van der Waals surface area (Å²) in [6.07, 6.45) is -0.665. The number of ether oxygens (including phenoxy) is 4. The second kappa shape index (κ2) is 14.9. The van der Waals surface area contributed by atoms with Crippen molar-refractivity contribution in [1.82, 2.24) is 0 Å². The van der Waals surface area contributed by atoms with Crippen molar-refractivity contribution in [2.45, 2.75) is 60.2 Å². The van der Waals surface area contributed by atoms with Crippen LogP contribution in [0.25, 0.3) is 11.1 Å². The molecule has 206 valence electrons. The van der Waals surface area contributed by atoms with Gasteiger partial charge in [-0.2, -0.15) is 0 Å². The van der Waals surface area contributed by atoms with Gasteiger partial charge in [0.2, 0.25) is 0 Å². The van der Waals surface area contributed by atoms with Crippen molar-refractivity contribution in [3.05, 3.63) is 60.2 Å². The van der Waals surface area contributed by atoms with Crippen molar-refractivity contribution in [2.75, 3.05) is 13.2 Å². The molecule has 8 nitrogen and oxygen atoms in total. The minimum Gasteiger partial charge on any atom is -0.463 e. The third-order valence-corrected chi connectivity index (χ3v) is 5.78. The van der Waals surface area contributed by atoms with Crippen LogP contribution in [0.4, 0.5) is 0 Å². The molecule has 2 aromatic carbocycles. The predicted octanol–water partition coefficient (Wildman–Crippen LogP) is 5.24. The molecule has 0 saturated carbocycles. The van der Waals surface area contributed by atoms with Crippen molar-refractivity contribution >= 4 is 23.9 Å². The van der Waals surface area contributed by atoms with E-state index in [-0.39, 0.29) is 31.8 Å². The molecular formula is C30H38O8. The summed E-state index contributed by atoms with van der Waals surface area (Å²) in [6.45, 7) is 9.79. The fourth-order valence-electron chi connectivity index (χ4n) is 3.83. The second-order valence-corrected chi connectivity index (χ2v) is 9.72. The zero-order valence-electron chi connectivity index (χ0n) is 23.0. The molecule has 0 bridgehead atoms. The van der Waals surface area contributed by atoms with Gasteiger partial charge in [-0.1, -0.05) is 62.4 Å². The van der Waals surface area contributed by atoms with Gasteiger partial charge in [-0.3, -0.25) is 14.4 Å². The first-order chi connectivity index (χ1) is 18.0. The molecule has 38 heavy (non-hydrogen) atoms. The highest BCUT2D eigenvalue weighted by molar-refractivity contribution is 5.97. The fraction of sp³-hybridized carbons (Fsp3) is 0.467. The maximum Gasteiger partial charge on any atom is 0.338 e. The van der Waals surface area contributed by atoms with E-state index in [2.05, 4.69) is 0 Å². The van der Waals surface area contributed by atoms with E-state index >= 15 is 0 Å². The van der Waals surface area contributed by atoms with Gasteiger partial charge in [-0.05, 0) is 51.3 Å². The summed E-state index contributed by atoms with van der Waals surface area (Å²) >= 11 is 0. The average Bonchev–Trinajstić information content (AvgIpc) is 2.88. The molecule has 0 aliphatic rings. The summed E-state index contributed by atoms with van der Waals surface area (Å²) in [7, 11) is 0. The van der Waals surface area contributed by atoms with Gasteiger partial charge in [0.15, 0.2) is 0 Å². The lowest BCUT2D eigenvalue weighted by Crippen LogP contribution is -2.35. The van der Waals surface area contributed by atoms with Gasteiger partial charge in [0.25, 0.3) is 0 Å². The summed E-state index contributed by atoms with van der Waals surface area (Å²) in [6, 6.07) is 16.6. The van der Waals surface area contributed by atoms with Crippen LogP contribution in [0.3, 0.4) is 0 Å². The first-order valence-corrected chi connectivity index (χ1v) is 12.9. The van der Waals surface area contributed by atoms with Crippen molar-refractivity contribution in [2.24, 2.45) is 17.8 Å². The predicted molar refractivity (Wildman–Crippen MR) is 142 cm³/mol. The summed E-state index contributed by atoms with van der Waals surface area (Å²) in [4.78, 5) is 50.5. The molecule has 2 rings (SSSR count). The van der Waals surface area contributed by atoms with E-state index < -0.39 is 41.6 Å². The highest BCUT2D eigenvalue weighted by Gasteiger charge is 2.36. The van der Waals surface area contributed by atoms with Gasteiger partial charge in [-0.15, -0.1) is 0 Å². The molecule has 0 spiro atoms. The average molecular weight is 527 g/mol. The van der Waals surface area contributed by atoms with E-state index in [0.717, 1.165) is 11.1 Å². The van der Waals surface area contributed by atoms with Crippen molar-refractivity contribution < 1.29 is 38.1 Å². The van der Waals surface area contributed by atoms with Crippen LogP contribution in [-0.4, -0.2) is 49.3 Å². The Kier molecular flexibility index (Phi) is 12.0. The van der Waals surface area contributed by atoms with Crippen LogP contribution in [0.5, 0.6) is 0 Å². The molecule has 0 saturated heterocycles. The normalized spacial score (nSPS) is 13.4. The molecule has 0 aromatic heterocycles. The smallest absolute Gasteiger partial charge is 0.338 e. The number of hydrogen-bond donors (Lipinski definition) is 0. The van der Waals surface area contributed by atoms with Gasteiger partial charge < -0.3 is 18.9 Å². The van der Waals surface area contributed by atoms with Gasteiger partial charge in [0.05, 0.1) is 35.5 Å². The summed E-state index contributed by atoms with van der Waals surface area (Å²) in [5, 5.41) is 0. The molecule has 0 N–H and O–H groups in total. The van der Waals surface area contributed by atoms with E-state index in [9.17, 15) is 19.2 Å². The number of benzene rings is 2. The van der Waals surface area contributed by atoms with Crippen molar-refractivity contribution in [3.8, 4) is 11.1 Å². The third kappa shape index (κ3) is 9.32. The highest BCUT2D eigenvalue weighted by atomic mass is 16.6. The van der Waals surface area contributed by atoms with E-state index in [1.807, 2.05) is 42.5 Å². The Hall–Kier alpha value is -3.68. The van der Waals surface area contributed by atoms with Gasteiger partial charge in [0.1, 0.15) is 13.2 Å².